The van der Waals surface area contributed by atoms with E-state index < -0.39 is 29.1 Å². The number of carbonyl (C=O) groups is 1. The van der Waals surface area contributed by atoms with Gasteiger partial charge in [0.2, 0.25) is 5.91 Å². The first kappa shape index (κ1) is 26.5. The van der Waals surface area contributed by atoms with Crippen LogP contribution in [0.25, 0.3) is 22.4 Å². The number of anilines is 1. The molecule has 1 amide bonds. The van der Waals surface area contributed by atoms with Gasteiger partial charge in [-0.3, -0.25) is 28.7 Å². The van der Waals surface area contributed by atoms with Gasteiger partial charge >= 0.3 is 5.69 Å². The average molecular weight is 552 g/mol. The molecule has 5 heterocycles. The predicted octanol–water partition coefficient (Wildman–Crippen LogP) is 2.40. The molecule has 13 nitrogen and oxygen atoms in total. The molecule has 0 aliphatic carbocycles. The summed E-state index contributed by atoms with van der Waals surface area (Å²) in [6.07, 6.45) is 6.38. The Kier molecular flexibility index (Phi) is 6.57. The van der Waals surface area contributed by atoms with Crippen LogP contribution in [0.15, 0.2) is 57.4 Å². The minimum atomic E-state index is -3.10. The number of alkyl halides is 2. The van der Waals surface area contributed by atoms with E-state index in [-0.39, 0.29) is 34.8 Å². The molecule has 206 valence electrons. The van der Waals surface area contributed by atoms with Gasteiger partial charge in [-0.2, -0.15) is 0 Å². The van der Waals surface area contributed by atoms with E-state index in [1.165, 1.54) is 47.2 Å². The van der Waals surface area contributed by atoms with Crippen molar-refractivity contribution in [1.29, 1.82) is 0 Å². The fourth-order valence-corrected chi connectivity index (χ4v) is 4.12. The number of pyridine rings is 1. The topological polar surface area (TPSA) is 156 Å². The number of aryl methyl sites for hydroxylation is 2. The standard InChI is InChI=1S/C25H23F2N9O4/c1-13-5-17(33-40-13)11-35-23(38)20-21(34(4)24(35)39)30-12-36(20)14(2)22(37)32-19-10-29-9-18(31-19)15-6-16(8-28-7-15)25(3,26)27/h5-10,12,14H,11H2,1-4H3,(H,31,32,37)/t14-/m0/s1. The Hall–Kier alpha value is -5.08. The third-order valence-electron chi connectivity index (χ3n) is 6.28. The molecule has 0 unspecified atom stereocenters. The number of imidazole rings is 1. The smallest absolute Gasteiger partial charge is 0.332 e. The molecule has 5 rings (SSSR count). The summed E-state index contributed by atoms with van der Waals surface area (Å²) in [5, 5.41) is 6.47. The van der Waals surface area contributed by atoms with E-state index in [1.807, 2.05) is 0 Å². The van der Waals surface area contributed by atoms with Gasteiger partial charge < -0.3 is 14.4 Å². The Bertz CT molecular complexity index is 1870. The molecule has 5 aromatic rings. The Morgan fingerprint density at radius 1 is 1.15 bits per heavy atom. The zero-order valence-corrected chi connectivity index (χ0v) is 21.8. The van der Waals surface area contributed by atoms with E-state index >= 15 is 0 Å². The van der Waals surface area contributed by atoms with Crippen molar-refractivity contribution >= 4 is 22.9 Å². The second-order valence-corrected chi connectivity index (χ2v) is 9.29. The molecular weight excluding hydrogens is 528 g/mol. The summed E-state index contributed by atoms with van der Waals surface area (Å²) in [4.78, 5) is 55.9. The molecular formula is C25H23F2N9O4. The van der Waals surface area contributed by atoms with E-state index in [9.17, 15) is 23.2 Å². The van der Waals surface area contributed by atoms with E-state index in [0.29, 0.717) is 17.0 Å². The highest BCUT2D eigenvalue weighted by Gasteiger charge is 2.26. The summed E-state index contributed by atoms with van der Waals surface area (Å²) in [5.41, 5.74) is -0.518. The van der Waals surface area contributed by atoms with E-state index in [1.54, 1.807) is 19.9 Å². The number of rotatable bonds is 7. The lowest BCUT2D eigenvalue weighted by molar-refractivity contribution is -0.118. The summed E-state index contributed by atoms with van der Waals surface area (Å²) in [7, 11) is 1.47. The maximum atomic E-state index is 13.8. The van der Waals surface area contributed by atoms with Gasteiger partial charge in [-0.05, 0) is 19.9 Å². The molecule has 0 saturated heterocycles. The second kappa shape index (κ2) is 9.91. The number of carbonyl (C=O) groups excluding carboxylic acids is 1. The lowest BCUT2D eigenvalue weighted by Crippen LogP contribution is -2.40. The molecule has 40 heavy (non-hydrogen) atoms. The largest absolute Gasteiger partial charge is 0.361 e. The Labute approximate surface area is 224 Å². The molecule has 0 spiro atoms. The third-order valence-corrected chi connectivity index (χ3v) is 6.28. The van der Waals surface area contributed by atoms with Gasteiger partial charge in [0.1, 0.15) is 17.5 Å². The van der Waals surface area contributed by atoms with Crippen LogP contribution in [0.3, 0.4) is 0 Å². The van der Waals surface area contributed by atoms with Gasteiger partial charge in [-0.1, -0.05) is 5.16 Å². The Morgan fingerprint density at radius 3 is 2.60 bits per heavy atom. The molecule has 0 aliphatic heterocycles. The first-order valence-corrected chi connectivity index (χ1v) is 12.0. The van der Waals surface area contributed by atoms with Gasteiger partial charge in [-0.25, -0.2) is 23.5 Å². The van der Waals surface area contributed by atoms with Gasteiger partial charge in [0.05, 0.1) is 31.0 Å². The molecule has 1 N–H and O–H groups in total. The van der Waals surface area contributed by atoms with Crippen LogP contribution in [-0.4, -0.2) is 44.7 Å². The van der Waals surface area contributed by atoms with Crippen molar-refractivity contribution in [1.82, 2.24) is 38.8 Å². The van der Waals surface area contributed by atoms with E-state index in [2.05, 4.69) is 30.4 Å². The van der Waals surface area contributed by atoms with Crippen LogP contribution >= 0.6 is 0 Å². The highest BCUT2D eigenvalue weighted by atomic mass is 19.3. The summed E-state index contributed by atoms with van der Waals surface area (Å²) in [6, 6.07) is 1.89. The summed E-state index contributed by atoms with van der Waals surface area (Å²) in [5.74, 6) is -3.08. The van der Waals surface area contributed by atoms with Gasteiger partial charge in [0, 0.05) is 43.6 Å². The minimum Gasteiger partial charge on any atom is -0.361 e. The van der Waals surface area contributed by atoms with Crippen LogP contribution in [0.5, 0.6) is 0 Å². The number of amides is 1. The van der Waals surface area contributed by atoms with Crippen molar-refractivity contribution in [2.45, 2.75) is 39.3 Å². The minimum absolute atomic E-state index is 0.0354. The van der Waals surface area contributed by atoms with Crippen LogP contribution in [0.2, 0.25) is 0 Å². The molecule has 0 fully saturated rings. The molecule has 5 aromatic heterocycles. The number of nitrogens with one attached hydrogen (secondary N) is 1. The average Bonchev–Trinajstić information content (AvgIpc) is 3.55. The van der Waals surface area contributed by atoms with Crippen molar-refractivity contribution in [2.75, 3.05) is 5.32 Å². The van der Waals surface area contributed by atoms with Crippen molar-refractivity contribution in [2.24, 2.45) is 7.05 Å². The van der Waals surface area contributed by atoms with Crippen LogP contribution in [0.4, 0.5) is 14.6 Å². The summed E-state index contributed by atoms with van der Waals surface area (Å²) >= 11 is 0. The highest BCUT2D eigenvalue weighted by molar-refractivity contribution is 5.93. The predicted molar refractivity (Wildman–Crippen MR) is 138 cm³/mol. The van der Waals surface area contributed by atoms with Crippen LogP contribution in [0.1, 0.15) is 36.9 Å². The molecule has 0 aromatic carbocycles. The Balaban J connectivity index is 1.45. The first-order valence-electron chi connectivity index (χ1n) is 12.0. The van der Waals surface area contributed by atoms with Crippen molar-refractivity contribution in [3.63, 3.8) is 0 Å². The van der Waals surface area contributed by atoms with E-state index in [4.69, 9.17) is 4.52 Å². The maximum absolute atomic E-state index is 13.8. The number of nitrogens with zero attached hydrogens (tertiary/aromatic N) is 8. The van der Waals surface area contributed by atoms with Gasteiger partial charge in [-0.15, -0.1) is 0 Å². The van der Waals surface area contributed by atoms with E-state index in [0.717, 1.165) is 17.7 Å². The van der Waals surface area contributed by atoms with Gasteiger partial charge in [0.15, 0.2) is 17.0 Å². The molecule has 15 heteroatoms. The van der Waals surface area contributed by atoms with Crippen LogP contribution in [0, 0.1) is 6.92 Å². The van der Waals surface area contributed by atoms with Crippen molar-refractivity contribution < 1.29 is 18.1 Å². The van der Waals surface area contributed by atoms with Crippen LogP contribution in [-0.2, 0) is 24.3 Å². The summed E-state index contributed by atoms with van der Waals surface area (Å²) < 4.78 is 36.1. The molecule has 0 bridgehead atoms. The third kappa shape index (κ3) is 4.88. The maximum Gasteiger partial charge on any atom is 0.332 e. The summed E-state index contributed by atoms with van der Waals surface area (Å²) in [6.45, 7) is 3.86. The second-order valence-electron chi connectivity index (χ2n) is 9.29. The first-order chi connectivity index (χ1) is 18.9. The number of aromatic nitrogens is 8. The molecule has 0 aliphatic rings. The Morgan fingerprint density at radius 2 is 1.90 bits per heavy atom. The quantitative estimate of drug-likeness (QED) is 0.321. The van der Waals surface area contributed by atoms with Crippen molar-refractivity contribution in [3.05, 3.63) is 81.1 Å². The zero-order chi connectivity index (χ0) is 28.8. The fraction of sp³-hybridized carbons (Fsp3) is 0.280. The van der Waals surface area contributed by atoms with Crippen LogP contribution < -0.4 is 16.6 Å². The number of hydrogen-bond acceptors (Lipinski definition) is 9. The normalized spacial score (nSPS) is 12.6. The fourth-order valence-electron chi connectivity index (χ4n) is 4.12. The van der Waals surface area contributed by atoms with Crippen molar-refractivity contribution in [3.8, 4) is 11.3 Å². The lowest BCUT2D eigenvalue weighted by Gasteiger charge is -2.15. The monoisotopic (exact) mass is 551 g/mol. The van der Waals surface area contributed by atoms with Gasteiger partial charge in [0.25, 0.3) is 11.5 Å². The SMILES string of the molecule is Cc1cc(Cn2c(=O)c3c(ncn3[C@@H](C)C(=O)Nc3cncc(-c4cncc(C(C)(F)F)c4)n3)n(C)c2=O)no1. The number of hydrogen-bond donors (Lipinski definition) is 1. The number of halogens is 2. The zero-order valence-electron chi connectivity index (χ0n) is 21.8. The molecule has 0 saturated carbocycles. The lowest BCUT2D eigenvalue weighted by atomic mass is 10.1. The molecule has 0 radical (unpaired) electrons. The highest BCUT2D eigenvalue weighted by Crippen LogP contribution is 2.29. The molecule has 1 atom stereocenters. The number of fused-ring (bicyclic) bond motifs is 1.